The summed E-state index contributed by atoms with van der Waals surface area (Å²) in [6.07, 6.45) is 0.800. The zero-order valence-electron chi connectivity index (χ0n) is 10.2. The summed E-state index contributed by atoms with van der Waals surface area (Å²) in [5.41, 5.74) is 11.9. The average molecular weight is 432 g/mol. The topological polar surface area (TPSA) is 64.1 Å². The van der Waals surface area contributed by atoms with Crippen LogP contribution >= 0.6 is 38.5 Å². The molecule has 2 rings (SSSR count). The van der Waals surface area contributed by atoms with E-state index in [2.05, 4.69) is 68.2 Å². The van der Waals surface area contributed by atoms with Crippen molar-refractivity contribution in [3.05, 3.63) is 61.6 Å². The van der Waals surface area contributed by atoms with Crippen molar-refractivity contribution in [1.29, 1.82) is 0 Å². The molecule has 5 heteroatoms. The third-order valence-electron chi connectivity index (χ3n) is 2.98. The normalized spacial score (nSPS) is 12.4. The van der Waals surface area contributed by atoms with E-state index in [1.807, 2.05) is 18.2 Å². The molecule has 1 atom stereocenters. The van der Waals surface area contributed by atoms with Gasteiger partial charge in [0.2, 0.25) is 0 Å². The Hall–Kier alpha value is -0.630. The molecule has 2 aromatic carbocycles. The van der Waals surface area contributed by atoms with Crippen LogP contribution in [0.4, 0.5) is 5.69 Å². The van der Waals surface area contributed by atoms with Crippen molar-refractivity contribution < 1.29 is 0 Å². The highest BCUT2D eigenvalue weighted by molar-refractivity contribution is 14.1. The molecule has 2 aromatic rings. The second-order valence-corrected chi connectivity index (χ2v) is 6.48. The van der Waals surface area contributed by atoms with E-state index in [9.17, 15) is 0 Å². The first-order valence-electron chi connectivity index (χ1n) is 5.85. The first-order chi connectivity index (χ1) is 9.10. The number of nitrogens with one attached hydrogen (secondary N) is 1. The first kappa shape index (κ1) is 14.8. The molecule has 0 aliphatic rings. The van der Waals surface area contributed by atoms with Crippen LogP contribution in [0.2, 0.25) is 0 Å². The highest BCUT2D eigenvalue weighted by Crippen LogP contribution is 2.26. The van der Waals surface area contributed by atoms with E-state index < -0.39 is 0 Å². The number of nitrogens with two attached hydrogens (primary N) is 2. The number of hydrogen-bond acceptors (Lipinski definition) is 3. The standard InChI is InChI=1S/C14H15BrIN3/c15-10-3-6-13(17)12(8-10)14(19-18)7-9-1-4-11(16)5-2-9/h1-6,8,14,19H,7,17-18H2. The Balaban J connectivity index is 2.24. The molecule has 100 valence electrons. The number of halogens is 2. The van der Waals surface area contributed by atoms with Gasteiger partial charge in [-0.2, -0.15) is 0 Å². The van der Waals surface area contributed by atoms with Crippen LogP contribution in [0.1, 0.15) is 17.2 Å². The molecule has 0 saturated heterocycles. The quantitative estimate of drug-likeness (QED) is 0.301. The third kappa shape index (κ3) is 3.92. The number of nitrogen functional groups attached to an aromatic ring is 1. The van der Waals surface area contributed by atoms with Gasteiger partial charge in [0.05, 0.1) is 6.04 Å². The van der Waals surface area contributed by atoms with Gasteiger partial charge in [0, 0.05) is 13.7 Å². The van der Waals surface area contributed by atoms with Crippen LogP contribution in [0.15, 0.2) is 46.9 Å². The lowest BCUT2D eigenvalue weighted by Crippen LogP contribution is -2.30. The Morgan fingerprint density at radius 2 is 1.84 bits per heavy atom. The van der Waals surface area contributed by atoms with Crippen molar-refractivity contribution in [3.8, 4) is 0 Å². The summed E-state index contributed by atoms with van der Waals surface area (Å²) in [5.74, 6) is 5.68. The number of hydrazine groups is 1. The van der Waals surface area contributed by atoms with Gasteiger partial charge in [-0.15, -0.1) is 0 Å². The van der Waals surface area contributed by atoms with E-state index in [1.165, 1.54) is 9.13 Å². The van der Waals surface area contributed by atoms with Crippen LogP contribution in [-0.2, 0) is 6.42 Å². The molecule has 19 heavy (non-hydrogen) atoms. The lowest BCUT2D eigenvalue weighted by Gasteiger charge is -2.18. The second kappa shape index (κ2) is 6.69. The highest BCUT2D eigenvalue weighted by atomic mass is 127. The van der Waals surface area contributed by atoms with E-state index in [0.717, 1.165) is 22.1 Å². The molecule has 0 heterocycles. The van der Waals surface area contributed by atoms with Crippen molar-refractivity contribution >= 4 is 44.2 Å². The number of rotatable bonds is 4. The Morgan fingerprint density at radius 3 is 2.47 bits per heavy atom. The van der Waals surface area contributed by atoms with E-state index in [0.29, 0.717) is 0 Å². The second-order valence-electron chi connectivity index (χ2n) is 4.32. The van der Waals surface area contributed by atoms with Gasteiger partial charge in [-0.25, -0.2) is 0 Å². The summed E-state index contributed by atoms with van der Waals surface area (Å²) >= 11 is 5.76. The van der Waals surface area contributed by atoms with E-state index >= 15 is 0 Å². The molecule has 0 spiro atoms. The van der Waals surface area contributed by atoms with Gasteiger partial charge < -0.3 is 5.73 Å². The van der Waals surface area contributed by atoms with Gasteiger partial charge >= 0.3 is 0 Å². The molecule has 0 aromatic heterocycles. The van der Waals surface area contributed by atoms with Gasteiger partial charge in [0.15, 0.2) is 0 Å². The van der Waals surface area contributed by atoms with Crippen molar-refractivity contribution in [2.75, 3.05) is 5.73 Å². The van der Waals surface area contributed by atoms with Crippen LogP contribution in [0, 0.1) is 3.57 Å². The number of benzene rings is 2. The molecule has 0 radical (unpaired) electrons. The highest BCUT2D eigenvalue weighted by Gasteiger charge is 2.14. The fourth-order valence-electron chi connectivity index (χ4n) is 1.96. The Morgan fingerprint density at radius 1 is 1.16 bits per heavy atom. The summed E-state index contributed by atoms with van der Waals surface area (Å²) in [4.78, 5) is 0. The van der Waals surface area contributed by atoms with E-state index in [1.54, 1.807) is 0 Å². The molecule has 0 aliphatic carbocycles. The van der Waals surface area contributed by atoms with Crippen LogP contribution in [0.5, 0.6) is 0 Å². The van der Waals surface area contributed by atoms with E-state index in [-0.39, 0.29) is 6.04 Å². The van der Waals surface area contributed by atoms with Gasteiger partial charge in [-0.05, 0) is 70.5 Å². The fraction of sp³-hybridized carbons (Fsp3) is 0.143. The number of hydrogen-bond donors (Lipinski definition) is 3. The molecule has 0 amide bonds. The minimum Gasteiger partial charge on any atom is -0.398 e. The maximum atomic E-state index is 6.03. The predicted octanol–water partition coefficient (Wildman–Crippen LogP) is 3.38. The van der Waals surface area contributed by atoms with Gasteiger partial charge in [0.1, 0.15) is 0 Å². The summed E-state index contributed by atoms with van der Waals surface area (Å²) in [6, 6.07) is 14.2. The molecule has 3 nitrogen and oxygen atoms in total. The third-order valence-corrected chi connectivity index (χ3v) is 4.19. The number of anilines is 1. The maximum absolute atomic E-state index is 6.03. The van der Waals surface area contributed by atoms with Crippen molar-refractivity contribution in [1.82, 2.24) is 5.43 Å². The van der Waals surface area contributed by atoms with Gasteiger partial charge in [-0.1, -0.05) is 28.1 Å². The lowest BCUT2D eigenvalue weighted by atomic mass is 9.98. The molecule has 0 aliphatic heterocycles. The smallest absolute Gasteiger partial charge is 0.0521 e. The largest absolute Gasteiger partial charge is 0.398 e. The summed E-state index contributed by atoms with van der Waals surface area (Å²) in [7, 11) is 0. The lowest BCUT2D eigenvalue weighted by molar-refractivity contribution is 0.553. The molecule has 5 N–H and O–H groups in total. The Labute approximate surface area is 135 Å². The van der Waals surface area contributed by atoms with Crippen molar-refractivity contribution in [3.63, 3.8) is 0 Å². The molecule has 0 fully saturated rings. The van der Waals surface area contributed by atoms with Crippen LogP contribution in [-0.4, -0.2) is 0 Å². The van der Waals surface area contributed by atoms with Crippen molar-refractivity contribution in [2.24, 2.45) is 5.84 Å². The molecule has 1 unspecified atom stereocenters. The zero-order chi connectivity index (χ0) is 13.8. The monoisotopic (exact) mass is 431 g/mol. The zero-order valence-corrected chi connectivity index (χ0v) is 14.0. The van der Waals surface area contributed by atoms with Gasteiger partial charge in [-0.3, -0.25) is 11.3 Å². The van der Waals surface area contributed by atoms with E-state index in [4.69, 9.17) is 11.6 Å². The Kier molecular flexibility index (Phi) is 5.20. The minimum absolute atomic E-state index is 0.00226. The van der Waals surface area contributed by atoms with Crippen LogP contribution < -0.4 is 17.0 Å². The van der Waals surface area contributed by atoms with Crippen molar-refractivity contribution in [2.45, 2.75) is 12.5 Å². The fourth-order valence-corrected chi connectivity index (χ4v) is 2.70. The minimum atomic E-state index is -0.00226. The first-order valence-corrected chi connectivity index (χ1v) is 7.73. The molecule has 0 bridgehead atoms. The summed E-state index contributed by atoms with van der Waals surface area (Å²) in [5, 5.41) is 0. The molecular formula is C14H15BrIN3. The molecular weight excluding hydrogens is 417 g/mol. The average Bonchev–Trinajstić information content (AvgIpc) is 2.41. The summed E-state index contributed by atoms with van der Waals surface area (Å²) < 4.78 is 2.22. The maximum Gasteiger partial charge on any atom is 0.0521 e. The molecule has 0 saturated carbocycles. The summed E-state index contributed by atoms with van der Waals surface area (Å²) in [6.45, 7) is 0. The van der Waals surface area contributed by atoms with Crippen LogP contribution in [0.25, 0.3) is 0 Å². The van der Waals surface area contributed by atoms with Gasteiger partial charge in [0.25, 0.3) is 0 Å². The van der Waals surface area contributed by atoms with Crippen LogP contribution in [0.3, 0.4) is 0 Å². The Bertz CT molecular complexity index is 557. The SMILES string of the molecule is NNC(Cc1ccc(I)cc1)c1cc(Br)ccc1N. The predicted molar refractivity (Wildman–Crippen MR) is 91.5 cm³/mol.